The molecule has 1 aromatic rings. The van der Waals surface area contributed by atoms with E-state index in [2.05, 4.69) is 28.2 Å². The average molecular weight is 361 g/mol. The van der Waals surface area contributed by atoms with Gasteiger partial charge in [0.2, 0.25) is 0 Å². The van der Waals surface area contributed by atoms with Crippen LogP contribution in [-0.4, -0.2) is 44.1 Å². The Morgan fingerprint density at radius 1 is 1.55 bits per heavy atom. The summed E-state index contributed by atoms with van der Waals surface area (Å²) in [5.41, 5.74) is 0. The van der Waals surface area contributed by atoms with E-state index in [0.717, 1.165) is 53.4 Å². The van der Waals surface area contributed by atoms with E-state index in [0.29, 0.717) is 5.92 Å². The second kappa shape index (κ2) is 7.43. The molecule has 1 N–H and O–H groups in total. The third-order valence-corrected chi connectivity index (χ3v) is 5.44. The summed E-state index contributed by atoms with van der Waals surface area (Å²) in [5.74, 6) is 1.56. The van der Waals surface area contributed by atoms with Gasteiger partial charge >= 0.3 is 0 Å². The van der Waals surface area contributed by atoms with E-state index in [9.17, 15) is 4.79 Å². The molecular formula is C14H21BrN2O2S. The minimum absolute atomic E-state index is 0.126. The van der Waals surface area contributed by atoms with Crippen molar-refractivity contribution in [2.24, 2.45) is 5.92 Å². The lowest BCUT2D eigenvalue weighted by Crippen LogP contribution is -2.40. The molecule has 1 fully saturated rings. The third kappa shape index (κ3) is 3.74. The number of carbonyl (C=O) groups excluding carboxylic acids is 1. The van der Waals surface area contributed by atoms with Crippen LogP contribution >= 0.6 is 27.3 Å². The van der Waals surface area contributed by atoms with Gasteiger partial charge in [0.1, 0.15) is 9.54 Å². The number of methoxy groups -OCH3 is 1. The number of nitrogens with zero attached hydrogens (tertiary/aromatic N) is 1. The zero-order valence-corrected chi connectivity index (χ0v) is 14.3. The molecule has 0 bridgehead atoms. The molecule has 6 heteroatoms. The van der Waals surface area contributed by atoms with E-state index >= 15 is 0 Å². The lowest BCUT2D eigenvalue weighted by molar-refractivity contribution is 0.0695. The van der Waals surface area contributed by atoms with Gasteiger partial charge in [-0.05, 0) is 47.8 Å². The van der Waals surface area contributed by atoms with Crippen molar-refractivity contribution in [3.63, 3.8) is 0 Å². The van der Waals surface area contributed by atoms with Gasteiger partial charge in [0.15, 0.2) is 0 Å². The highest BCUT2D eigenvalue weighted by Gasteiger charge is 2.25. The van der Waals surface area contributed by atoms with Gasteiger partial charge in [-0.2, -0.15) is 0 Å². The molecule has 1 saturated heterocycles. The zero-order chi connectivity index (χ0) is 14.5. The number of hydrogen-bond acceptors (Lipinski definition) is 4. The molecule has 112 valence electrons. The van der Waals surface area contributed by atoms with Crippen LogP contribution in [0, 0.1) is 5.92 Å². The highest BCUT2D eigenvalue weighted by molar-refractivity contribution is 9.11. The van der Waals surface area contributed by atoms with Crippen molar-refractivity contribution < 1.29 is 9.53 Å². The first-order valence-corrected chi connectivity index (χ1v) is 8.60. The van der Waals surface area contributed by atoms with Gasteiger partial charge < -0.3 is 15.0 Å². The fraction of sp³-hybridized carbons (Fsp3) is 0.643. The van der Waals surface area contributed by atoms with Crippen LogP contribution in [0.1, 0.15) is 29.4 Å². The van der Waals surface area contributed by atoms with Crippen molar-refractivity contribution in [3.8, 4) is 5.75 Å². The Bertz CT molecular complexity index is 456. The quantitative estimate of drug-likeness (QED) is 0.877. The molecule has 2 rings (SSSR count). The monoisotopic (exact) mass is 360 g/mol. The molecule has 1 aliphatic heterocycles. The van der Waals surface area contributed by atoms with Gasteiger partial charge in [-0.1, -0.05) is 6.92 Å². The maximum atomic E-state index is 12.4. The Morgan fingerprint density at radius 3 is 2.80 bits per heavy atom. The van der Waals surface area contributed by atoms with Gasteiger partial charge in [-0.25, -0.2) is 0 Å². The molecule has 4 nitrogen and oxygen atoms in total. The molecule has 2 heterocycles. The van der Waals surface area contributed by atoms with Crippen LogP contribution < -0.4 is 10.1 Å². The van der Waals surface area contributed by atoms with Gasteiger partial charge in [0, 0.05) is 19.2 Å². The maximum absolute atomic E-state index is 12.4. The Kier molecular flexibility index (Phi) is 5.86. The minimum Gasteiger partial charge on any atom is -0.495 e. The van der Waals surface area contributed by atoms with Crippen LogP contribution in [0.4, 0.5) is 0 Å². The standard InChI is InChI=1S/C14H21BrN2O2S/c1-3-16-9-10-4-6-17(7-5-10)14(18)12-8-11(19-2)13(15)20-12/h8,10,16H,3-7,9H2,1-2H3. The molecule has 0 unspecified atom stereocenters. The lowest BCUT2D eigenvalue weighted by Gasteiger charge is -2.31. The van der Waals surface area contributed by atoms with Gasteiger partial charge in [0.25, 0.3) is 5.91 Å². The van der Waals surface area contributed by atoms with Gasteiger partial charge in [-0.15, -0.1) is 11.3 Å². The Balaban J connectivity index is 1.91. The van der Waals surface area contributed by atoms with E-state index in [1.54, 1.807) is 7.11 Å². The smallest absolute Gasteiger partial charge is 0.264 e. The first kappa shape index (κ1) is 15.8. The van der Waals surface area contributed by atoms with Gasteiger partial charge in [-0.3, -0.25) is 4.79 Å². The molecule has 0 atom stereocenters. The Morgan fingerprint density at radius 2 is 2.25 bits per heavy atom. The van der Waals surface area contributed by atoms with Crippen molar-refractivity contribution in [2.75, 3.05) is 33.3 Å². The number of rotatable bonds is 5. The summed E-state index contributed by atoms with van der Waals surface area (Å²) in [7, 11) is 1.62. The van der Waals surface area contributed by atoms with E-state index in [1.165, 1.54) is 11.3 Å². The summed E-state index contributed by atoms with van der Waals surface area (Å²) in [4.78, 5) is 15.2. The molecule has 0 aliphatic carbocycles. The fourth-order valence-corrected chi connectivity index (χ4v) is 4.06. The fourth-order valence-electron chi connectivity index (χ4n) is 2.44. The van der Waals surface area contributed by atoms with E-state index < -0.39 is 0 Å². The predicted octanol–water partition coefficient (Wildman–Crippen LogP) is 2.98. The Labute approximate surface area is 132 Å². The summed E-state index contributed by atoms with van der Waals surface area (Å²) >= 11 is 4.87. The summed E-state index contributed by atoms with van der Waals surface area (Å²) in [6.45, 7) is 5.92. The van der Waals surface area contributed by atoms with Crippen molar-refractivity contribution in [1.82, 2.24) is 10.2 Å². The highest BCUT2D eigenvalue weighted by Crippen LogP contribution is 2.35. The number of halogens is 1. The second-order valence-electron chi connectivity index (χ2n) is 5.00. The molecule has 1 aromatic heterocycles. The number of amides is 1. The topological polar surface area (TPSA) is 41.6 Å². The van der Waals surface area contributed by atoms with Crippen LogP contribution in [0.15, 0.2) is 9.85 Å². The number of hydrogen-bond donors (Lipinski definition) is 1. The van der Waals surface area contributed by atoms with E-state index in [4.69, 9.17) is 4.74 Å². The van der Waals surface area contributed by atoms with Crippen molar-refractivity contribution in [2.45, 2.75) is 19.8 Å². The van der Waals surface area contributed by atoms with Crippen LogP contribution in [0.5, 0.6) is 5.75 Å². The largest absolute Gasteiger partial charge is 0.495 e. The average Bonchev–Trinajstić information content (AvgIpc) is 2.86. The van der Waals surface area contributed by atoms with Crippen LogP contribution in [0.25, 0.3) is 0 Å². The number of nitrogens with one attached hydrogen (secondary N) is 1. The number of likely N-dealkylation sites (tertiary alicyclic amines) is 1. The van der Waals surface area contributed by atoms with Crippen molar-refractivity contribution in [1.29, 1.82) is 0 Å². The maximum Gasteiger partial charge on any atom is 0.264 e. The number of piperidine rings is 1. The number of thiophene rings is 1. The van der Waals surface area contributed by atoms with E-state index in [-0.39, 0.29) is 5.91 Å². The van der Waals surface area contributed by atoms with Gasteiger partial charge in [0.05, 0.1) is 12.0 Å². The van der Waals surface area contributed by atoms with Crippen LogP contribution in [0.2, 0.25) is 0 Å². The zero-order valence-electron chi connectivity index (χ0n) is 11.9. The van der Waals surface area contributed by atoms with Crippen molar-refractivity contribution >= 4 is 33.2 Å². The van der Waals surface area contributed by atoms with Crippen LogP contribution in [-0.2, 0) is 0 Å². The predicted molar refractivity (Wildman–Crippen MR) is 85.7 cm³/mol. The molecule has 0 saturated carbocycles. The normalized spacial score (nSPS) is 16.4. The highest BCUT2D eigenvalue weighted by atomic mass is 79.9. The van der Waals surface area contributed by atoms with Crippen molar-refractivity contribution in [3.05, 3.63) is 14.7 Å². The minimum atomic E-state index is 0.126. The third-order valence-electron chi connectivity index (χ3n) is 3.67. The number of carbonyl (C=O) groups is 1. The lowest BCUT2D eigenvalue weighted by atomic mass is 9.96. The molecule has 1 amide bonds. The summed E-state index contributed by atoms with van der Waals surface area (Å²) in [6.07, 6.45) is 2.17. The number of ether oxygens (including phenoxy) is 1. The summed E-state index contributed by atoms with van der Waals surface area (Å²) < 4.78 is 6.09. The first-order chi connectivity index (χ1) is 9.65. The van der Waals surface area contributed by atoms with E-state index in [1.807, 2.05) is 11.0 Å². The molecule has 1 aliphatic rings. The molecule has 20 heavy (non-hydrogen) atoms. The molecule has 0 spiro atoms. The second-order valence-corrected chi connectivity index (χ2v) is 7.37. The first-order valence-electron chi connectivity index (χ1n) is 6.99. The molecule has 0 radical (unpaired) electrons. The van der Waals surface area contributed by atoms with Crippen LogP contribution in [0.3, 0.4) is 0 Å². The summed E-state index contributed by atoms with van der Waals surface area (Å²) in [5, 5.41) is 3.39. The molecule has 0 aromatic carbocycles. The SMILES string of the molecule is CCNCC1CCN(C(=O)c2cc(OC)c(Br)s2)CC1. The molecular weight excluding hydrogens is 340 g/mol. The Hall–Kier alpha value is -0.590. The summed E-state index contributed by atoms with van der Waals surface area (Å²) in [6, 6.07) is 1.82.